The Morgan fingerprint density at radius 3 is 2.19 bits per heavy atom. The molecule has 0 radical (unpaired) electrons. The van der Waals surface area contributed by atoms with Crippen LogP contribution in [-0.2, 0) is 12.8 Å². The van der Waals surface area contributed by atoms with Gasteiger partial charge in [-0.25, -0.2) is 4.39 Å². The van der Waals surface area contributed by atoms with Crippen LogP contribution in [0.15, 0.2) is 42.5 Å². The lowest BCUT2D eigenvalue weighted by Crippen LogP contribution is -2.12. The van der Waals surface area contributed by atoms with Gasteiger partial charge in [0.1, 0.15) is 5.82 Å². The molecule has 0 heterocycles. The van der Waals surface area contributed by atoms with Crippen LogP contribution in [-0.4, -0.2) is 0 Å². The maximum atomic E-state index is 14.3. The van der Waals surface area contributed by atoms with Crippen LogP contribution in [0.5, 0.6) is 0 Å². The number of halogens is 1. The molecule has 172 valence electrons. The van der Waals surface area contributed by atoms with Crippen LogP contribution in [0, 0.1) is 23.6 Å². The Morgan fingerprint density at radius 1 is 0.781 bits per heavy atom. The molecule has 1 heteroatoms. The van der Waals surface area contributed by atoms with E-state index in [1.165, 1.54) is 62.5 Å². The van der Waals surface area contributed by atoms with E-state index < -0.39 is 0 Å². The van der Waals surface area contributed by atoms with Crippen molar-refractivity contribution in [3.05, 3.63) is 70.5 Å². The topological polar surface area (TPSA) is 0 Å². The number of aryl methyl sites for hydroxylation is 2. The summed E-state index contributed by atoms with van der Waals surface area (Å²) in [5, 5.41) is 0. The summed E-state index contributed by atoms with van der Waals surface area (Å²) < 4.78 is 14.3. The molecule has 32 heavy (non-hydrogen) atoms. The van der Waals surface area contributed by atoms with Gasteiger partial charge in [0.2, 0.25) is 0 Å². The van der Waals surface area contributed by atoms with Crippen molar-refractivity contribution in [3.63, 3.8) is 0 Å². The molecule has 3 rings (SSSR count). The zero-order valence-corrected chi connectivity index (χ0v) is 20.3. The smallest absolute Gasteiger partial charge is 0.127 e. The second-order valence-corrected chi connectivity index (χ2v) is 9.63. The monoisotopic (exact) mass is 432 g/mol. The van der Waals surface area contributed by atoms with Gasteiger partial charge < -0.3 is 0 Å². The SMILES string of the molecule is CCCCCCCc1ccc([C@H]2CC[C@H](C#Cc3ccc(CCCC)c(F)c3)CC2)cc1. The molecular weight excluding hydrogens is 391 g/mol. The summed E-state index contributed by atoms with van der Waals surface area (Å²) in [5.74, 6) is 7.68. The van der Waals surface area contributed by atoms with E-state index in [9.17, 15) is 4.39 Å². The predicted molar refractivity (Wildman–Crippen MR) is 135 cm³/mol. The minimum Gasteiger partial charge on any atom is -0.207 e. The van der Waals surface area contributed by atoms with Crippen molar-refractivity contribution in [1.82, 2.24) is 0 Å². The van der Waals surface area contributed by atoms with Gasteiger partial charge in [0.25, 0.3) is 0 Å². The van der Waals surface area contributed by atoms with Crippen LogP contribution < -0.4 is 0 Å². The molecule has 1 saturated carbocycles. The number of rotatable bonds is 10. The Kier molecular flexibility index (Phi) is 10.3. The van der Waals surface area contributed by atoms with Gasteiger partial charge in [-0.2, -0.15) is 0 Å². The highest BCUT2D eigenvalue weighted by Gasteiger charge is 2.21. The molecule has 0 amide bonds. The number of unbranched alkanes of at least 4 members (excludes halogenated alkanes) is 5. The lowest BCUT2D eigenvalue weighted by molar-refractivity contribution is 0.384. The Hall–Kier alpha value is -2.07. The van der Waals surface area contributed by atoms with E-state index in [1.54, 1.807) is 6.07 Å². The molecule has 0 atom stereocenters. The molecule has 0 nitrogen and oxygen atoms in total. The van der Waals surface area contributed by atoms with E-state index in [-0.39, 0.29) is 5.82 Å². The maximum Gasteiger partial charge on any atom is 0.127 e. The van der Waals surface area contributed by atoms with E-state index in [0.29, 0.717) is 11.8 Å². The summed E-state index contributed by atoms with van der Waals surface area (Å²) in [6.07, 6.45) is 15.6. The van der Waals surface area contributed by atoms with Crippen molar-refractivity contribution >= 4 is 0 Å². The lowest BCUT2D eigenvalue weighted by Gasteiger charge is -2.26. The zero-order chi connectivity index (χ0) is 22.6. The molecule has 0 N–H and O–H groups in total. The fraction of sp³-hybridized carbons (Fsp3) is 0.548. The minimum absolute atomic E-state index is 0.0987. The van der Waals surface area contributed by atoms with Gasteiger partial charge in [-0.3, -0.25) is 0 Å². The highest BCUT2D eigenvalue weighted by molar-refractivity contribution is 5.37. The first-order chi connectivity index (χ1) is 15.7. The summed E-state index contributed by atoms with van der Waals surface area (Å²) in [6, 6.07) is 14.9. The number of hydrogen-bond acceptors (Lipinski definition) is 0. The summed E-state index contributed by atoms with van der Waals surface area (Å²) in [7, 11) is 0. The third-order valence-corrected chi connectivity index (χ3v) is 7.02. The van der Waals surface area contributed by atoms with Gasteiger partial charge in [0.05, 0.1) is 0 Å². The van der Waals surface area contributed by atoms with E-state index in [1.807, 2.05) is 12.1 Å². The first-order valence-electron chi connectivity index (χ1n) is 13.1. The average molecular weight is 433 g/mol. The quantitative estimate of drug-likeness (QED) is 0.259. The Labute approximate surface area is 196 Å². The molecule has 2 aromatic carbocycles. The summed E-state index contributed by atoms with van der Waals surface area (Å²) in [4.78, 5) is 0. The highest BCUT2D eigenvalue weighted by atomic mass is 19.1. The van der Waals surface area contributed by atoms with Crippen LogP contribution in [0.25, 0.3) is 0 Å². The molecule has 2 aromatic rings. The van der Waals surface area contributed by atoms with Gasteiger partial charge in [-0.1, -0.05) is 88.1 Å². The largest absolute Gasteiger partial charge is 0.207 e. The zero-order valence-electron chi connectivity index (χ0n) is 20.3. The van der Waals surface area contributed by atoms with Gasteiger partial charge in [0.15, 0.2) is 0 Å². The van der Waals surface area contributed by atoms with Gasteiger partial charge >= 0.3 is 0 Å². The van der Waals surface area contributed by atoms with Crippen LogP contribution in [0.2, 0.25) is 0 Å². The molecule has 0 bridgehead atoms. The number of benzene rings is 2. The molecular formula is C31H41F. The van der Waals surface area contributed by atoms with E-state index in [2.05, 4.69) is 50.0 Å². The average Bonchev–Trinajstić information content (AvgIpc) is 2.83. The third-order valence-electron chi connectivity index (χ3n) is 7.02. The van der Waals surface area contributed by atoms with E-state index >= 15 is 0 Å². The predicted octanol–water partition coefficient (Wildman–Crippen LogP) is 9.01. The molecule has 1 aliphatic carbocycles. The molecule has 0 spiro atoms. The molecule has 0 aromatic heterocycles. The van der Waals surface area contributed by atoms with E-state index in [0.717, 1.165) is 43.2 Å². The van der Waals surface area contributed by atoms with Crippen LogP contribution >= 0.6 is 0 Å². The first-order valence-corrected chi connectivity index (χ1v) is 13.1. The fourth-order valence-electron chi connectivity index (χ4n) is 4.84. The minimum atomic E-state index is -0.0987. The molecule has 0 unspecified atom stereocenters. The van der Waals surface area contributed by atoms with Crippen molar-refractivity contribution in [3.8, 4) is 11.8 Å². The number of hydrogen-bond donors (Lipinski definition) is 0. The van der Waals surface area contributed by atoms with Crippen LogP contribution in [0.3, 0.4) is 0 Å². The normalized spacial score (nSPS) is 18.2. The third kappa shape index (κ3) is 7.81. The Balaban J connectivity index is 1.45. The van der Waals surface area contributed by atoms with Crippen molar-refractivity contribution in [1.29, 1.82) is 0 Å². The fourth-order valence-corrected chi connectivity index (χ4v) is 4.84. The second-order valence-electron chi connectivity index (χ2n) is 9.63. The molecule has 1 aliphatic rings. The summed E-state index contributed by atoms with van der Waals surface area (Å²) in [6.45, 7) is 4.41. The van der Waals surface area contributed by atoms with Crippen molar-refractivity contribution in [2.75, 3.05) is 0 Å². The van der Waals surface area contributed by atoms with Crippen LogP contribution in [0.1, 0.15) is 113 Å². The first kappa shape index (κ1) is 24.6. The highest BCUT2D eigenvalue weighted by Crippen LogP contribution is 2.35. The Morgan fingerprint density at radius 2 is 1.50 bits per heavy atom. The molecule has 0 saturated heterocycles. The van der Waals surface area contributed by atoms with Gasteiger partial charge in [-0.15, -0.1) is 0 Å². The summed E-state index contributed by atoms with van der Waals surface area (Å²) >= 11 is 0. The van der Waals surface area contributed by atoms with Gasteiger partial charge in [-0.05, 0) is 86.1 Å². The maximum absolute atomic E-state index is 14.3. The van der Waals surface area contributed by atoms with Crippen molar-refractivity contribution < 1.29 is 4.39 Å². The molecule has 0 aliphatic heterocycles. The van der Waals surface area contributed by atoms with Crippen molar-refractivity contribution in [2.45, 2.75) is 103 Å². The molecule has 1 fully saturated rings. The van der Waals surface area contributed by atoms with Crippen LogP contribution in [0.4, 0.5) is 4.39 Å². The second kappa shape index (κ2) is 13.5. The van der Waals surface area contributed by atoms with Gasteiger partial charge in [0, 0.05) is 11.5 Å². The summed E-state index contributed by atoms with van der Waals surface area (Å²) in [5.41, 5.74) is 4.62. The lowest BCUT2D eigenvalue weighted by atomic mass is 9.78. The van der Waals surface area contributed by atoms with Crippen molar-refractivity contribution in [2.24, 2.45) is 5.92 Å². The van der Waals surface area contributed by atoms with E-state index in [4.69, 9.17) is 0 Å². The Bertz CT molecular complexity index is 860. The standard InChI is InChI=1S/C31H41F/c1-3-5-7-8-9-10-25-14-19-28(20-15-25)29-21-16-26(17-22-29)12-13-27-18-23-30(11-6-4-2)31(32)24-27/h14-15,18-20,23-24,26,29H,3-11,16-17,21-22H2,1-2H3/t26-,29-.